The van der Waals surface area contributed by atoms with Gasteiger partial charge in [0, 0.05) is 17.2 Å². The van der Waals surface area contributed by atoms with Crippen molar-refractivity contribution < 1.29 is 9.53 Å². The second kappa shape index (κ2) is 7.57. The molecule has 0 N–H and O–H groups in total. The van der Waals surface area contributed by atoms with Crippen molar-refractivity contribution in [3.05, 3.63) is 76.4 Å². The number of benzene rings is 2. The van der Waals surface area contributed by atoms with E-state index in [4.69, 9.17) is 4.74 Å². The predicted molar refractivity (Wildman–Crippen MR) is 94.9 cm³/mol. The van der Waals surface area contributed by atoms with Gasteiger partial charge in [0.15, 0.2) is 0 Å². The summed E-state index contributed by atoms with van der Waals surface area (Å²) in [4.78, 5) is 13.4. The molecule has 4 heteroatoms. The van der Waals surface area contributed by atoms with Gasteiger partial charge in [0.25, 0.3) is 0 Å². The number of morpholine rings is 1. The first-order chi connectivity index (χ1) is 11.3. The van der Waals surface area contributed by atoms with Gasteiger partial charge in [-0.1, -0.05) is 58.4 Å². The van der Waals surface area contributed by atoms with E-state index < -0.39 is 0 Å². The van der Waals surface area contributed by atoms with Gasteiger partial charge in [-0.25, -0.2) is 0 Å². The van der Waals surface area contributed by atoms with Gasteiger partial charge in [0.1, 0.15) is 18.4 Å². The minimum absolute atomic E-state index is 0.0280. The van der Waals surface area contributed by atoms with Gasteiger partial charge < -0.3 is 14.4 Å². The Hall–Kier alpha value is -1.91. The molecule has 0 amide bonds. The lowest BCUT2D eigenvalue weighted by Crippen LogP contribution is -2.44. The van der Waals surface area contributed by atoms with Crippen LogP contribution in [0.3, 0.4) is 0 Å². The Labute approximate surface area is 144 Å². The van der Waals surface area contributed by atoms with Gasteiger partial charge in [-0.15, -0.1) is 0 Å². The molecule has 2 atom stereocenters. The first kappa shape index (κ1) is 16.0. The van der Waals surface area contributed by atoms with Crippen LogP contribution in [0.15, 0.2) is 65.3 Å². The zero-order valence-corrected chi connectivity index (χ0v) is 14.2. The van der Waals surface area contributed by atoms with E-state index in [0.717, 1.165) is 21.9 Å². The first-order valence-corrected chi connectivity index (χ1v) is 8.37. The molecule has 0 aliphatic carbocycles. The molecule has 0 aromatic heterocycles. The quantitative estimate of drug-likeness (QED) is 0.758. The van der Waals surface area contributed by atoms with E-state index in [9.17, 15) is 4.79 Å². The van der Waals surface area contributed by atoms with Gasteiger partial charge in [0.2, 0.25) is 0 Å². The number of ether oxygens (including phenoxy) is 1. The minimum Gasteiger partial charge on any atom is -0.369 e. The molecule has 1 aliphatic rings. The van der Waals surface area contributed by atoms with Gasteiger partial charge in [-0.3, -0.25) is 0 Å². The summed E-state index contributed by atoms with van der Waals surface area (Å²) in [6, 6.07) is 18.0. The van der Waals surface area contributed by atoms with E-state index in [2.05, 4.69) is 33.0 Å². The number of hydrogen-bond acceptors (Lipinski definition) is 3. The maximum Gasteiger partial charge on any atom is 0.144 e. The summed E-state index contributed by atoms with van der Waals surface area (Å²) in [5.41, 5.74) is 2.24. The van der Waals surface area contributed by atoms with Crippen LogP contribution in [0.4, 0.5) is 0 Å². The fourth-order valence-corrected chi connectivity index (χ4v) is 2.87. The topological polar surface area (TPSA) is 29.5 Å². The summed E-state index contributed by atoms with van der Waals surface area (Å²) >= 11 is 3.44. The molecule has 3 rings (SSSR count). The first-order valence-electron chi connectivity index (χ1n) is 7.57. The van der Waals surface area contributed by atoms with E-state index in [1.54, 1.807) is 0 Å². The van der Waals surface area contributed by atoms with Crippen LogP contribution >= 0.6 is 15.9 Å². The molecule has 0 spiro atoms. The number of nitrogens with zero attached hydrogens (tertiary/aromatic N) is 1. The average Bonchev–Trinajstić information content (AvgIpc) is 2.61. The molecule has 1 saturated heterocycles. The summed E-state index contributed by atoms with van der Waals surface area (Å²) < 4.78 is 6.91. The number of carbonyl (C=O) groups excluding carboxylic acids is 1. The molecule has 1 aliphatic heterocycles. The standard InChI is InChI=1S/C19H18BrNO2/c20-17-8-6-16(7-9-17)19-12-21(18(13-22)14-23-19)11-10-15-4-2-1-3-5-15/h1-11,13,18-19H,12,14H2/t18?,19-/m1/s1. The summed E-state index contributed by atoms with van der Waals surface area (Å²) in [6.07, 6.45) is 4.94. The van der Waals surface area contributed by atoms with Crippen molar-refractivity contribution in [1.29, 1.82) is 0 Å². The van der Waals surface area contributed by atoms with Crippen LogP contribution < -0.4 is 0 Å². The highest BCUT2D eigenvalue weighted by atomic mass is 79.9. The van der Waals surface area contributed by atoms with E-state index in [1.165, 1.54) is 0 Å². The fourth-order valence-electron chi connectivity index (χ4n) is 2.60. The third-order valence-corrected chi connectivity index (χ3v) is 4.46. The van der Waals surface area contributed by atoms with Crippen LogP contribution in [-0.2, 0) is 9.53 Å². The Bertz CT molecular complexity index is 670. The molecule has 0 radical (unpaired) electrons. The van der Waals surface area contributed by atoms with Crippen molar-refractivity contribution in [3.8, 4) is 0 Å². The Kier molecular flexibility index (Phi) is 5.26. The van der Waals surface area contributed by atoms with Gasteiger partial charge in [-0.2, -0.15) is 0 Å². The second-order valence-corrected chi connectivity index (χ2v) is 6.42. The van der Waals surface area contributed by atoms with Crippen LogP contribution in [0.2, 0.25) is 0 Å². The number of carbonyl (C=O) groups is 1. The van der Waals surface area contributed by atoms with E-state index in [1.807, 2.05) is 54.7 Å². The third kappa shape index (κ3) is 4.09. The van der Waals surface area contributed by atoms with E-state index >= 15 is 0 Å². The van der Waals surface area contributed by atoms with Crippen molar-refractivity contribution >= 4 is 28.3 Å². The van der Waals surface area contributed by atoms with Crippen LogP contribution in [0.1, 0.15) is 17.2 Å². The van der Waals surface area contributed by atoms with Gasteiger partial charge in [-0.05, 0) is 29.3 Å². The summed E-state index contributed by atoms with van der Waals surface area (Å²) in [5, 5.41) is 0. The van der Waals surface area contributed by atoms with Gasteiger partial charge >= 0.3 is 0 Å². The lowest BCUT2D eigenvalue weighted by molar-refractivity contribution is -0.120. The Balaban J connectivity index is 1.75. The van der Waals surface area contributed by atoms with Crippen molar-refractivity contribution in [1.82, 2.24) is 4.90 Å². The predicted octanol–water partition coefficient (Wildman–Crippen LogP) is 4.06. The highest BCUT2D eigenvalue weighted by Crippen LogP contribution is 2.26. The van der Waals surface area contributed by atoms with Gasteiger partial charge in [0.05, 0.1) is 6.61 Å². The molecule has 1 fully saturated rings. The van der Waals surface area contributed by atoms with E-state index in [-0.39, 0.29) is 12.1 Å². The summed E-state index contributed by atoms with van der Waals surface area (Å²) in [6.45, 7) is 1.07. The van der Waals surface area contributed by atoms with Crippen molar-refractivity contribution in [3.63, 3.8) is 0 Å². The lowest BCUT2D eigenvalue weighted by Gasteiger charge is -2.36. The SMILES string of the molecule is O=CC1CO[C@@H](c2ccc(Br)cc2)CN1C=Cc1ccccc1. The van der Waals surface area contributed by atoms with Crippen molar-refractivity contribution in [2.75, 3.05) is 13.2 Å². The van der Waals surface area contributed by atoms with Crippen LogP contribution in [0.25, 0.3) is 6.08 Å². The maximum atomic E-state index is 11.3. The lowest BCUT2D eigenvalue weighted by atomic mass is 10.1. The molecular formula is C19H18BrNO2. The Morgan fingerprint density at radius 2 is 1.83 bits per heavy atom. The molecule has 3 nitrogen and oxygen atoms in total. The van der Waals surface area contributed by atoms with Crippen LogP contribution in [0.5, 0.6) is 0 Å². The zero-order valence-electron chi connectivity index (χ0n) is 12.6. The van der Waals surface area contributed by atoms with Crippen LogP contribution in [-0.4, -0.2) is 30.4 Å². The molecular weight excluding hydrogens is 354 g/mol. The molecule has 1 unspecified atom stereocenters. The summed E-state index contributed by atoms with van der Waals surface area (Å²) in [7, 11) is 0. The number of halogens is 1. The van der Waals surface area contributed by atoms with E-state index in [0.29, 0.717) is 13.2 Å². The Morgan fingerprint density at radius 1 is 1.09 bits per heavy atom. The molecule has 2 aromatic carbocycles. The Morgan fingerprint density at radius 3 is 2.52 bits per heavy atom. The molecule has 1 heterocycles. The average molecular weight is 372 g/mol. The smallest absolute Gasteiger partial charge is 0.144 e. The molecule has 23 heavy (non-hydrogen) atoms. The number of aldehydes is 1. The second-order valence-electron chi connectivity index (χ2n) is 5.50. The molecule has 0 saturated carbocycles. The van der Waals surface area contributed by atoms with Crippen molar-refractivity contribution in [2.45, 2.75) is 12.1 Å². The fraction of sp³-hybridized carbons (Fsp3) is 0.211. The zero-order chi connectivity index (χ0) is 16.1. The largest absolute Gasteiger partial charge is 0.369 e. The normalized spacial score (nSPS) is 21.5. The summed E-state index contributed by atoms with van der Waals surface area (Å²) in [5.74, 6) is 0. The third-order valence-electron chi connectivity index (χ3n) is 3.93. The number of hydrogen-bond donors (Lipinski definition) is 0. The van der Waals surface area contributed by atoms with Crippen LogP contribution in [0, 0.1) is 0 Å². The maximum absolute atomic E-state index is 11.3. The highest BCUT2D eigenvalue weighted by molar-refractivity contribution is 9.10. The molecule has 0 bridgehead atoms. The monoisotopic (exact) mass is 371 g/mol. The van der Waals surface area contributed by atoms with Crippen molar-refractivity contribution in [2.24, 2.45) is 0 Å². The minimum atomic E-state index is -0.235. The molecule has 2 aromatic rings. The highest BCUT2D eigenvalue weighted by Gasteiger charge is 2.27. The number of rotatable bonds is 4. The molecule has 118 valence electrons.